The Morgan fingerprint density at radius 2 is 2.11 bits per heavy atom. The van der Waals surface area contributed by atoms with E-state index in [0.29, 0.717) is 0 Å². The fourth-order valence-corrected chi connectivity index (χ4v) is 1.76. The topological polar surface area (TPSA) is 54.1 Å². The molecule has 1 heterocycles. The smallest absolute Gasteiger partial charge is 0.407 e. The number of para-hydroxylation sites is 1. The fraction of sp³-hybridized carbons (Fsp3) is 0.357. The van der Waals surface area contributed by atoms with Gasteiger partial charge in [-0.05, 0) is 32.2 Å². The summed E-state index contributed by atoms with van der Waals surface area (Å²) in [5.74, 6) is 0. The van der Waals surface area contributed by atoms with Crippen LogP contribution >= 0.6 is 0 Å². The van der Waals surface area contributed by atoms with Gasteiger partial charge in [-0.2, -0.15) is 0 Å². The number of carbonyl (C=O) groups excluding carboxylic acids is 1. The average molecular weight is 246 g/mol. The molecule has 1 aromatic heterocycles. The number of hydrogen-bond donors (Lipinski definition) is 2. The number of aromatic amines is 1. The molecule has 2 N–H and O–H groups in total. The molecule has 1 aromatic carbocycles. The van der Waals surface area contributed by atoms with Crippen LogP contribution in [0.1, 0.15) is 26.3 Å². The van der Waals surface area contributed by atoms with Gasteiger partial charge in [0, 0.05) is 17.3 Å². The molecule has 2 rings (SSSR count). The highest BCUT2D eigenvalue weighted by atomic mass is 16.5. The zero-order chi connectivity index (χ0) is 13.2. The molecule has 0 unspecified atom stereocenters. The number of alkyl carbamates (subject to hydrolysis) is 1. The molecule has 0 spiro atoms. The monoisotopic (exact) mass is 246 g/mol. The summed E-state index contributed by atoms with van der Waals surface area (Å²) in [5.41, 5.74) is 1.71. The molecule has 0 saturated heterocycles. The Bertz CT molecular complexity index is 552. The summed E-state index contributed by atoms with van der Waals surface area (Å²) in [6.45, 7) is 6.01. The second-order valence-electron chi connectivity index (χ2n) is 5.31. The lowest BCUT2D eigenvalue weighted by atomic mass is 10.1. The lowest BCUT2D eigenvalue weighted by Crippen LogP contribution is -2.40. The van der Waals surface area contributed by atoms with Crippen molar-refractivity contribution in [2.24, 2.45) is 0 Å². The van der Waals surface area contributed by atoms with Gasteiger partial charge in [0.2, 0.25) is 0 Å². The highest BCUT2D eigenvalue weighted by Crippen LogP contribution is 2.17. The first kappa shape index (κ1) is 12.5. The number of carbonyl (C=O) groups is 1. The number of hydrogen-bond acceptors (Lipinski definition) is 2. The van der Waals surface area contributed by atoms with Crippen LogP contribution in [0.5, 0.6) is 0 Å². The third-order valence-electron chi connectivity index (χ3n) is 2.51. The maximum Gasteiger partial charge on any atom is 0.407 e. The third-order valence-corrected chi connectivity index (χ3v) is 2.51. The Hall–Kier alpha value is -1.97. The largest absolute Gasteiger partial charge is 0.445 e. The Labute approximate surface area is 106 Å². The van der Waals surface area contributed by atoms with Crippen LogP contribution in [0, 0.1) is 0 Å². The lowest BCUT2D eigenvalue weighted by Gasteiger charge is -2.20. The molecular formula is C14H18N2O2. The van der Waals surface area contributed by atoms with E-state index < -0.39 is 6.09 Å². The van der Waals surface area contributed by atoms with Gasteiger partial charge in [-0.1, -0.05) is 18.2 Å². The van der Waals surface area contributed by atoms with Crippen molar-refractivity contribution in [3.63, 3.8) is 0 Å². The predicted octanol–water partition coefficient (Wildman–Crippen LogP) is 3.19. The molecule has 1 amide bonds. The number of benzene rings is 1. The summed E-state index contributed by atoms with van der Waals surface area (Å²) >= 11 is 0. The van der Waals surface area contributed by atoms with Gasteiger partial charge in [0.25, 0.3) is 0 Å². The van der Waals surface area contributed by atoms with Crippen LogP contribution in [0.4, 0.5) is 4.79 Å². The van der Waals surface area contributed by atoms with Gasteiger partial charge >= 0.3 is 6.09 Å². The predicted molar refractivity (Wildman–Crippen MR) is 71.4 cm³/mol. The second kappa shape index (κ2) is 4.72. The van der Waals surface area contributed by atoms with E-state index in [0.717, 1.165) is 16.5 Å². The standard InChI is InChI=1S/C14H18N2O2/c1-14(2,3)16-13(17)18-9-11-6-4-5-10-7-8-15-12(10)11/h4-8,15H,9H2,1-3H3,(H,16,17). The zero-order valence-electron chi connectivity index (χ0n) is 10.9. The van der Waals surface area contributed by atoms with Crippen molar-refractivity contribution < 1.29 is 9.53 Å². The molecule has 4 heteroatoms. The molecular weight excluding hydrogens is 228 g/mol. The van der Waals surface area contributed by atoms with Crippen molar-refractivity contribution >= 4 is 17.0 Å². The molecule has 0 aliphatic heterocycles. The fourth-order valence-electron chi connectivity index (χ4n) is 1.76. The van der Waals surface area contributed by atoms with Gasteiger partial charge < -0.3 is 15.0 Å². The molecule has 0 fully saturated rings. The maximum absolute atomic E-state index is 11.6. The first-order valence-electron chi connectivity index (χ1n) is 5.96. The molecule has 2 aromatic rings. The van der Waals surface area contributed by atoms with Crippen LogP contribution in [0.25, 0.3) is 10.9 Å². The molecule has 96 valence electrons. The van der Waals surface area contributed by atoms with Gasteiger partial charge in [0.05, 0.1) is 5.52 Å². The number of rotatable bonds is 2. The maximum atomic E-state index is 11.6. The molecule has 0 atom stereocenters. The Balaban J connectivity index is 2.02. The van der Waals surface area contributed by atoms with Crippen molar-refractivity contribution in [1.29, 1.82) is 0 Å². The van der Waals surface area contributed by atoms with Gasteiger partial charge in [-0.15, -0.1) is 0 Å². The molecule has 0 aliphatic carbocycles. The van der Waals surface area contributed by atoms with Crippen LogP contribution in [0.15, 0.2) is 30.5 Å². The van der Waals surface area contributed by atoms with E-state index in [-0.39, 0.29) is 12.1 Å². The highest BCUT2D eigenvalue weighted by Gasteiger charge is 2.14. The molecule has 0 aliphatic rings. The second-order valence-corrected chi connectivity index (χ2v) is 5.31. The summed E-state index contributed by atoms with van der Waals surface area (Å²) in [6.07, 6.45) is 1.48. The van der Waals surface area contributed by atoms with Crippen molar-refractivity contribution in [1.82, 2.24) is 10.3 Å². The van der Waals surface area contributed by atoms with E-state index in [1.165, 1.54) is 0 Å². The third kappa shape index (κ3) is 3.03. The lowest BCUT2D eigenvalue weighted by molar-refractivity contribution is 0.131. The number of aromatic nitrogens is 1. The van der Waals surface area contributed by atoms with E-state index in [1.54, 1.807) is 0 Å². The van der Waals surface area contributed by atoms with Crippen LogP contribution in [0.3, 0.4) is 0 Å². The number of nitrogens with one attached hydrogen (secondary N) is 2. The number of fused-ring (bicyclic) bond motifs is 1. The number of ether oxygens (including phenoxy) is 1. The molecule has 0 saturated carbocycles. The van der Waals surface area contributed by atoms with Crippen molar-refractivity contribution in [3.05, 3.63) is 36.0 Å². The minimum atomic E-state index is -0.397. The highest BCUT2D eigenvalue weighted by molar-refractivity contribution is 5.82. The molecule has 4 nitrogen and oxygen atoms in total. The van der Waals surface area contributed by atoms with Crippen LogP contribution in [-0.2, 0) is 11.3 Å². The SMILES string of the molecule is CC(C)(C)NC(=O)OCc1cccc2cc[nH]c12. The molecule has 0 bridgehead atoms. The zero-order valence-corrected chi connectivity index (χ0v) is 10.9. The van der Waals surface area contributed by atoms with E-state index in [1.807, 2.05) is 51.2 Å². The summed E-state index contributed by atoms with van der Waals surface area (Å²) in [5, 5.41) is 3.88. The molecule has 0 radical (unpaired) electrons. The van der Waals surface area contributed by atoms with Gasteiger partial charge in [0.15, 0.2) is 0 Å². The Kier molecular flexibility index (Phi) is 3.28. The normalized spacial score (nSPS) is 11.5. The summed E-state index contributed by atoms with van der Waals surface area (Å²) in [7, 11) is 0. The van der Waals surface area contributed by atoms with Crippen LogP contribution in [-0.4, -0.2) is 16.6 Å². The van der Waals surface area contributed by atoms with E-state index in [2.05, 4.69) is 10.3 Å². The van der Waals surface area contributed by atoms with Gasteiger partial charge in [-0.3, -0.25) is 0 Å². The summed E-state index contributed by atoms with van der Waals surface area (Å²) in [4.78, 5) is 14.7. The Morgan fingerprint density at radius 3 is 2.83 bits per heavy atom. The number of H-pyrrole nitrogens is 1. The van der Waals surface area contributed by atoms with Gasteiger partial charge in [0.1, 0.15) is 6.61 Å². The van der Waals surface area contributed by atoms with Crippen molar-refractivity contribution in [3.8, 4) is 0 Å². The summed E-state index contributed by atoms with van der Waals surface area (Å²) < 4.78 is 5.21. The quantitative estimate of drug-likeness (QED) is 0.855. The minimum Gasteiger partial charge on any atom is -0.445 e. The van der Waals surface area contributed by atoms with E-state index in [9.17, 15) is 4.79 Å². The first-order valence-corrected chi connectivity index (χ1v) is 5.96. The average Bonchev–Trinajstić information content (AvgIpc) is 2.72. The van der Waals surface area contributed by atoms with Crippen LogP contribution in [0.2, 0.25) is 0 Å². The minimum absolute atomic E-state index is 0.264. The Morgan fingerprint density at radius 1 is 1.33 bits per heavy atom. The van der Waals surface area contributed by atoms with E-state index in [4.69, 9.17) is 4.74 Å². The summed E-state index contributed by atoms with van der Waals surface area (Å²) in [6, 6.07) is 7.92. The van der Waals surface area contributed by atoms with Crippen LogP contribution < -0.4 is 5.32 Å². The molecule has 18 heavy (non-hydrogen) atoms. The van der Waals surface area contributed by atoms with Gasteiger partial charge in [-0.25, -0.2) is 4.79 Å². The first-order chi connectivity index (χ1) is 8.46. The van der Waals surface area contributed by atoms with Crippen molar-refractivity contribution in [2.45, 2.75) is 32.9 Å². The van der Waals surface area contributed by atoms with Crippen molar-refractivity contribution in [2.75, 3.05) is 0 Å². The number of amides is 1. The van der Waals surface area contributed by atoms with E-state index >= 15 is 0 Å².